The van der Waals surface area contributed by atoms with Gasteiger partial charge in [-0.3, -0.25) is 10.1 Å². The standard InChI is InChI=1S/C23H19N3O2S2/c27-21(15-28-20-14-8-7-13-19(20)18-11-5-2-6-12-18)24-22-25-26-23(30-22)29-16-17-9-3-1-4-10-17/h1-14H,15-16H2,(H,24,25,27). The molecule has 0 saturated carbocycles. The fourth-order valence-corrected chi connectivity index (χ4v) is 4.51. The van der Waals surface area contributed by atoms with Gasteiger partial charge in [0, 0.05) is 11.3 Å². The maximum Gasteiger partial charge on any atom is 0.264 e. The van der Waals surface area contributed by atoms with Gasteiger partial charge >= 0.3 is 0 Å². The van der Waals surface area contributed by atoms with Gasteiger partial charge in [-0.2, -0.15) is 0 Å². The summed E-state index contributed by atoms with van der Waals surface area (Å²) in [7, 11) is 0. The van der Waals surface area contributed by atoms with Crippen molar-refractivity contribution in [1.29, 1.82) is 0 Å². The summed E-state index contributed by atoms with van der Waals surface area (Å²) in [6.07, 6.45) is 0. The molecule has 0 spiro atoms. The lowest BCUT2D eigenvalue weighted by Crippen LogP contribution is -2.20. The van der Waals surface area contributed by atoms with Crippen molar-refractivity contribution in [2.45, 2.75) is 10.1 Å². The summed E-state index contributed by atoms with van der Waals surface area (Å²) in [6.45, 7) is -0.101. The van der Waals surface area contributed by atoms with Crippen molar-refractivity contribution in [3.63, 3.8) is 0 Å². The van der Waals surface area contributed by atoms with Gasteiger partial charge in [-0.25, -0.2) is 0 Å². The SMILES string of the molecule is O=C(COc1ccccc1-c1ccccc1)Nc1nnc(SCc2ccccc2)s1. The van der Waals surface area contributed by atoms with E-state index in [1.54, 1.807) is 11.8 Å². The lowest BCUT2D eigenvalue weighted by atomic mass is 10.1. The third-order valence-corrected chi connectivity index (χ3v) is 6.23. The van der Waals surface area contributed by atoms with Gasteiger partial charge in [0.25, 0.3) is 5.91 Å². The first-order valence-electron chi connectivity index (χ1n) is 9.35. The summed E-state index contributed by atoms with van der Waals surface area (Å²) in [6, 6.07) is 27.8. The van der Waals surface area contributed by atoms with E-state index in [1.165, 1.54) is 16.9 Å². The molecule has 1 N–H and O–H groups in total. The van der Waals surface area contributed by atoms with Gasteiger partial charge in [-0.15, -0.1) is 10.2 Å². The Kier molecular flexibility index (Phi) is 6.74. The monoisotopic (exact) mass is 433 g/mol. The number of aromatic nitrogens is 2. The van der Waals surface area contributed by atoms with Gasteiger partial charge in [0.05, 0.1) is 0 Å². The van der Waals surface area contributed by atoms with Gasteiger partial charge in [0.15, 0.2) is 10.9 Å². The second kappa shape index (κ2) is 10.0. The number of hydrogen-bond donors (Lipinski definition) is 1. The van der Waals surface area contributed by atoms with Crippen LogP contribution in [-0.2, 0) is 10.5 Å². The number of thioether (sulfide) groups is 1. The molecule has 1 heterocycles. The van der Waals surface area contributed by atoms with Crippen LogP contribution in [0.2, 0.25) is 0 Å². The van der Waals surface area contributed by atoms with Crippen molar-refractivity contribution < 1.29 is 9.53 Å². The Morgan fingerprint density at radius 1 is 0.900 bits per heavy atom. The van der Waals surface area contributed by atoms with Gasteiger partial charge in [0.1, 0.15) is 5.75 Å². The third kappa shape index (κ3) is 5.46. The zero-order valence-electron chi connectivity index (χ0n) is 16.0. The van der Waals surface area contributed by atoms with Crippen molar-refractivity contribution >= 4 is 34.1 Å². The number of nitrogens with zero attached hydrogens (tertiary/aromatic N) is 2. The summed E-state index contributed by atoms with van der Waals surface area (Å²) >= 11 is 2.95. The first-order valence-corrected chi connectivity index (χ1v) is 11.2. The topological polar surface area (TPSA) is 64.1 Å². The summed E-state index contributed by atoms with van der Waals surface area (Å²) < 4.78 is 6.59. The Labute approximate surface area is 183 Å². The number of amides is 1. The molecule has 7 heteroatoms. The molecule has 1 aromatic heterocycles. The van der Waals surface area contributed by atoms with Crippen LogP contribution in [0, 0.1) is 0 Å². The fraction of sp³-hybridized carbons (Fsp3) is 0.0870. The summed E-state index contributed by atoms with van der Waals surface area (Å²) in [5.74, 6) is 1.20. The van der Waals surface area contributed by atoms with Crippen molar-refractivity contribution in [2.75, 3.05) is 11.9 Å². The number of benzene rings is 3. The molecule has 0 aliphatic carbocycles. The molecule has 0 aliphatic rings. The maximum atomic E-state index is 12.3. The average Bonchev–Trinajstić information content (AvgIpc) is 3.25. The Bertz CT molecular complexity index is 1100. The first-order chi connectivity index (χ1) is 14.8. The molecular formula is C23H19N3O2S2. The molecule has 0 atom stereocenters. The minimum Gasteiger partial charge on any atom is -0.483 e. The van der Waals surface area contributed by atoms with Crippen molar-refractivity contribution in [2.24, 2.45) is 0 Å². The van der Waals surface area contributed by atoms with Crippen LogP contribution in [0.3, 0.4) is 0 Å². The molecule has 0 radical (unpaired) electrons. The molecule has 5 nitrogen and oxygen atoms in total. The number of carbonyl (C=O) groups excluding carboxylic acids is 1. The fourth-order valence-electron chi connectivity index (χ4n) is 2.79. The van der Waals surface area contributed by atoms with Crippen molar-refractivity contribution in [3.8, 4) is 16.9 Å². The Morgan fingerprint density at radius 2 is 1.60 bits per heavy atom. The second-order valence-electron chi connectivity index (χ2n) is 6.35. The van der Waals surface area contributed by atoms with Crippen LogP contribution >= 0.6 is 23.1 Å². The number of hydrogen-bond acceptors (Lipinski definition) is 6. The number of rotatable bonds is 8. The lowest BCUT2D eigenvalue weighted by molar-refractivity contribution is -0.118. The Morgan fingerprint density at radius 3 is 2.40 bits per heavy atom. The normalized spacial score (nSPS) is 10.5. The average molecular weight is 434 g/mol. The van der Waals surface area contributed by atoms with Gasteiger partial charge in [0.2, 0.25) is 5.13 Å². The zero-order chi connectivity index (χ0) is 20.6. The molecule has 0 bridgehead atoms. The van der Waals surface area contributed by atoms with Crippen LogP contribution < -0.4 is 10.1 Å². The molecule has 0 unspecified atom stereocenters. The zero-order valence-corrected chi connectivity index (χ0v) is 17.7. The number of anilines is 1. The summed E-state index contributed by atoms with van der Waals surface area (Å²) in [5, 5.41) is 11.4. The smallest absolute Gasteiger partial charge is 0.264 e. The highest BCUT2D eigenvalue weighted by atomic mass is 32.2. The molecule has 3 aromatic carbocycles. The van der Waals surface area contributed by atoms with E-state index >= 15 is 0 Å². The summed E-state index contributed by atoms with van der Waals surface area (Å²) in [4.78, 5) is 12.3. The second-order valence-corrected chi connectivity index (χ2v) is 8.55. The molecule has 30 heavy (non-hydrogen) atoms. The maximum absolute atomic E-state index is 12.3. The van der Waals surface area contributed by atoms with E-state index in [-0.39, 0.29) is 12.5 Å². The van der Waals surface area contributed by atoms with E-state index < -0.39 is 0 Å². The van der Waals surface area contributed by atoms with Crippen molar-refractivity contribution in [1.82, 2.24) is 10.2 Å². The number of carbonyl (C=O) groups is 1. The number of ether oxygens (including phenoxy) is 1. The molecule has 150 valence electrons. The predicted octanol–water partition coefficient (Wildman–Crippen LogP) is 5.51. The predicted molar refractivity (Wildman–Crippen MR) is 122 cm³/mol. The van der Waals surface area contributed by atoms with Crippen LogP contribution in [0.4, 0.5) is 5.13 Å². The van der Waals surface area contributed by atoms with E-state index in [4.69, 9.17) is 4.74 Å². The van der Waals surface area contributed by atoms with Gasteiger partial charge in [-0.05, 0) is 17.2 Å². The van der Waals surface area contributed by atoms with E-state index in [0.29, 0.717) is 10.9 Å². The first kappa shape index (κ1) is 20.1. The quantitative estimate of drug-likeness (QED) is 0.293. The lowest BCUT2D eigenvalue weighted by Gasteiger charge is -2.11. The molecule has 1 amide bonds. The highest BCUT2D eigenvalue weighted by Gasteiger charge is 2.11. The van der Waals surface area contributed by atoms with Crippen LogP contribution in [-0.4, -0.2) is 22.7 Å². The van der Waals surface area contributed by atoms with Crippen LogP contribution in [0.15, 0.2) is 89.3 Å². The van der Waals surface area contributed by atoms with Gasteiger partial charge < -0.3 is 4.74 Å². The molecule has 4 aromatic rings. The molecule has 0 saturated heterocycles. The highest BCUT2D eigenvalue weighted by molar-refractivity contribution is 8.00. The number of nitrogens with one attached hydrogen (secondary N) is 1. The van der Waals surface area contributed by atoms with E-state index in [1.807, 2.05) is 72.8 Å². The Hall–Kier alpha value is -3.16. The molecule has 0 aliphatic heterocycles. The highest BCUT2D eigenvalue weighted by Crippen LogP contribution is 2.30. The molecule has 0 fully saturated rings. The molecular weight excluding hydrogens is 414 g/mol. The largest absolute Gasteiger partial charge is 0.483 e. The van der Waals surface area contributed by atoms with E-state index in [9.17, 15) is 4.79 Å². The van der Waals surface area contributed by atoms with Gasteiger partial charge in [-0.1, -0.05) is 102 Å². The minimum atomic E-state index is -0.270. The number of para-hydroxylation sites is 1. The minimum absolute atomic E-state index is 0.101. The van der Waals surface area contributed by atoms with Crippen LogP contribution in [0.25, 0.3) is 11.1 Å². The van der Waals surface area contributed by atoms with E-state index in [0.717, 1.165) is 21.2 Å². The van der Waals surface area contributed by atoms with E-state index in [2.05, 4.69) is 27.6 Å². The Balaban J connectivity index is 1.31. The van der Waals surface area contributed by atoms with Crippen LogP contribution in [0.1, 0.15) is 5.56 Å². The summed E-state index contributed by atoms with van der Waals surface area (Å²) in [5.41, 5.74) is 3.20. The van der Waals surface area contributed by atoms with Crippen molar-refractivity contribution in [3.05, 3.63) is 90.5 Å². The molecule has 4 rings (SSSR count). The third-order valence-electron chi connectivity index (χ3n) is 4.19. The van der Waals surface area contributed by atoms with Crippen LogP contribution in [0.5, 0.6) is 5.75 Å².